The Hall–Kier alpha value is -1.81. The first kappa shape index (κ1) is 15.6. The van der Waals surface area contributed by atoms with Crippen molar-refractivity contribution in [3.8, 4) is 5.75 Å². The highest BCUT2D eigenvalue weighted by atomic mass is 16.3. The van der Waals surface area contributed by atoms with Crippen LogP contribution in [0.1, 0.15) is 38.8 Å². The predicted molar refractivity (Wildman–Crippen MR) is 86.4 cm³/mol. The summed E-state index contributed by atoms with van der Waals surface area (Å²) < 4.78 is 0. The van der Waals surface area contributed by atoms with Crippen molar-refractivity contribution < 1.29 is 9.90 Å². The maximum absolute atomic E-state index is 12.1. The Morgan fingerprint density at radius 2 is 1.95 bits per heavy atom. The van der Waals surface area contributed by atoms with Crippen LogP contribution in [0.3, 0.4) is 0 Å². The number of phenolic OH excluding ortho intramolecular Hbond substituents is 1. The van der Waals surface area contributed by atoms with Crippen LogP contribution in [0, 0.1) is 0 Å². The van der Waals surface area contributed by atoms with Crippen molar-refractivity contribution in [3.05, 3.63) is 29.3 Å². The summed E-state index contributed by atoms with van der Waals surface area (Å²) in [6, 6.07) is 3.70. The van der Waals surface area contributed by atoms with Crippen molar-refractivity contribution in [1.29, 1.82) is 0 Å². The zero-order valence-corrected chi connectivity index (χ0v) is 13.7. The number of nitrogens with zero attached hydrogens (tertiary/aromatic N) is 2. The number of aromatic hydroxyl groups is 1. The standard InChI is InChI=1S/C17H24N2O2/c1-11-9-17(3,4)19(12(2)20)15-7-13(10-18(5)6)16(21)8-14(11)15/h7-9,21H,10H2,1-6H3. The monoisotopic (exact) mass is 288 g/mol. The lowest BCUT2D eigenvalue weighted by Crippen LogP contribution is -2.48. The molecule has 0 spiro atoms. The number of anilines is 1. The number of allylic oxidation sites excluding steroid dienone is 1. The van der Waals surface area contributed by atoms with Gasteiger partial charge < -0.3 is 14.9 Å². The molecule has 2 rings (SSSR count). The van der Waals surface area contributed by atoms with Gasteiger partial charge in [-0.05, 0) is 52.6 Å². The van der Waals surface area contributed by atoms with Gasteiger partial charge in [0.25, 0.3) is 0 Å². The number of carbonyl (C=O) groups excluding carboxylic acids is 1. The maximum atomic E-state index is 12.1. The Kier molecular flexibility index (Phi) is 3.85. The number of benzene rings is 1. The van der Waals surface area contributed by atoms with Gasteiger partial charge >= 0.3 is 0 Å². The first-order valence-electron chi connectivity index (χ1n) is 7.14. The van der Waals surface area contributed by atoms with Gasteiger partial charge in [-0.1, -0.05) is 6.08 Å². The van der Waals surface area contributed by atoms with Crippen molar-refractivity contribution in [1.82, 2.24) is 4.90 Å². The van der Waals surface area contributed by atoms with Crippen LogP contribution in [0.25, 0.3) is 5.57 Å². The topological polar surface area (TPSA) is 43.8 Å². The molecule has 114 valence electrons. The molecule has 1 heterocycles. The SMILES string of the molecule is CC(=O)N1c2cc(CN(C)C)c(O)cc2C(C)=CC1(C)C. The fraction of sp³-hybridized carbons (Fsp3) is 0.471. The van der Waals surface area contributed by atoms with Gasteiger partial charge in [-0.2, -0.15) is 0 Å². The summed E-state index contributed by atoms with van der Waals surface area (Å²) >= 11 is 0. The Morgan fingerprint density at radius 3 is 2.48 bits per heavy atom. The summed E-state index contributed by atoms with van der Waals surface area (Å²) in [5, 5.41) is 10.2. The quantitative estimate of drug-likeness (QED) is 0.910. The highest BCUT2D eigenvalue weighted by Gasteiger charge is 2.34. The molecule has 1 N–H and O–H groups in total. The fourth-order valence-electron chi connectivity index (χ4n) is 3.15. The number of hydrogen-bond acceptors (Lipinski definition) is 3. The van der Waals surface area contributed by atoms with Crippen molar-refractivity contribution in [2.75, 3.05) is 19.0 Å². The first-order chi connectivity index (χ1) is 9.63. The normalized spacial score (nSPS) is 16.7. The van der Waals surface area contributed by atoms with E-state index < -0.39 is 0 Å². The van der Waals surface area contributed by atoms with E-state index in [4.69, 9.17) is 0 Å². The Morgan fingerprint density at radius 1 is 1.33 bits per heavy atom. The molecular weight excluding hydrogens is 264 g/mol. The van der Waals surface area contributed by atoms with Gasteiger partial charge in [0.1, 0.15) is 5.75 Å². The van der Waals surface area contributed by atoms with E-state index in [1.165, 1.54) is 0 Å². The number of rotatable bonds is 2. The van der Waals surface area contributed by atoms with Crippen LogP contribution in [0.4, 0.5) is 5.69 Å². The van der Waals surface area contributed by atoms with Gasteiger partial charge in [0.05, 0.1) is 11.2 Å². The number of carbonyl (C=O) groups is 1. The van der Waals surface area contributed by atoms with Crippen molar-refractivity contribution in [3.63, 3.8) is 0 Å². The third-order valence-corrected chi connectivity index (χ3v) is 3.81. The molecule has 1 aromatic carbocycles. The van der Waals surface area contributed by atoms with Crippen molar-refractivity contribution in [2.24, 2.45) is 0 Å². The van der Waals surface area contributed by atoms with Crippen LogP contribution < -0.4 is 4.90 Å². The Bertz CT molecular complexity index is 615. The largest absolute Gasteiger partial charge is 0.508 e. The third-order valence-electron chi connectivity index (χ3n) is 3.81. The highest BCUT2D eigenvalue weighted by molar-refractivity contribution is 5.99. The summed E-state index contributed by atoms with van der Waals surface area (Å²) in [4.78, 5) is 15.9. The maximum Gasteiger partial charge on any atom is 0.224 e. The molecule has 0 atom stereocenters. The molecule has 1 aliphatic rings. The lowest BCUT2D eigenvalue weighted by atomic mass is 9.87. The van der Waals surface area contributed by atoms with E-state index in [9.17, 15) is 9.90 Å². The van der Waals surface area contributed by atoms with Crippen LogP contribution in [0.2, 0.25) is 0 Å². The molecule has 0 aliphatic carbocycles. The molecule has 21 heavy (non-hydrogen) atoms. The molecule has 0 radical (unpaired) electrons. The minimum atomic E-state index is -0.366. The summed E-state index contributed by atoms with van der Waals surface area (Å²) in [6.45, 7) is 8.29. The molecule has 1 aliphatic heterocycles. The Balaban J connectivity index is 2.66. The first-order valence-corrected chi connectivity index (χ1v) is 7.14. The zero-order valence-electron chi connectivity index (χ0n) is 13.7. The second kappa shape index (κ2) is 5.19. The molecule has 0 saturated carbocycles. The minimum absolute atomic E-state index is 0.00601. The minimum Gasteiger partial charge on any atom is -0.508 e. The fourth-order valence-corrected chi connectivity index (χ4v) is 3.15. The Labute approximate surface area is 126 Å². The molecule has 0 aromatic heterocycles. The van der Waals surface area contributed by atoms with E-state index in [0.717, 1.165) is 22.4 Å². The zero-order chi connectivity index (χ0) is 15.9. The van der Waals surface area contributed by atoms with Gasteiger partial charge in [0, 0.05) is 24.6 Å². The lowest BCUT2D eigenvalue weighted by Gasteiger charge is -2.41. The van der Waals surface area contributed by atoms with Crippen molar-refractivity contribution in [2.45, 2.75) is 39.8 Å². The molecule has 0 bridgehead atoms. The third kappa shape index (κ3) is 2.81. The smallest absolute Gasteiger partial charge is 0.224 e. The summed E-state index contributed by atoms with van der Waals surface area (Å²) in [5.41, 5.74) is 3.34. The average Bonchev–Trinajstić information content (AvgIpc) is 2.29. The van der Waals surface area contributed by atoms with Gasteiger partial charge in [-0.25, -0.2) is 0 Å². The summed E-state index contributed by atoms with van der Waals surface area (Å²) in [7, 11) is 3.91. The predicted octanol–water partition coefficient (Wildman–Crippen LogP) is 3.00. The van der Waals surface area contributed by atoms with Crippen LogP contribution in [0.15, 0.2) is 18.2 Å². The number of hydrogen-bond donors (Lipinski definition) is 1. The number of amides is 1. The van der Waals surface area contributed by atoms with Crippen LogP contribution >= 0.6 is 0 Å². The van der Waals surface area contributed by atoms with E-state index in [1.54, 1.807) is 17.9 Å². The van der Waals surface area contributed by atoms with E-state index >= 15 is 0 Å². The van der Waals surface area contributed by atoms with Gasteiger partial charge in [0.15, 0.2) is 0 Å². The molecule has 4 nitrogen and oxygen atoms in total. The van der Waals surface area contributed by atoms with E-state index in [-0.39, 0.29) is 17.2 Å². The van der Waals surface area contributed by atoms with Gasteiger partial charge in [0.2, 0.25) is 5.91 Å². The molecule has 4 heteroatoms. The molecule has 1 amide bonds. The van der Waals surface area contributed by atoms with E-state index in [0.29, 0.717) is 6.54 Å². The van der Waals surface area contributed by atoms with E-state index in [2.05, 4.69) is 6.08 Å². The molecule has 0 fully saturated rings. The summed E-state index contributed by atoms with van der Waals surface area (Å²) in [5.74, 6) is 0.282. The van der Waals surface area contributed by atoms with Crippen LogP contribution in [0.5, 0.6) is 5.75 Å². The molecule has 0 unspecified atom stereocenters. The van der Waals surface area contributed by atoms with Crippen molar-refractivity contribution >= 4 is 17.2 Å². The second-order valence-electron chi connectivity index (χ2n) is 6.57. The molecular formula is C17H24N2O2. The molecule has 0 saturated heterocycles. The number of fused-ring (bicyclic) bond motifs is 1. The highest BCUT2D eigenvalue weighted by Crippen LogP contribution is 2.42. The molecule has 1 aromatic rings. The average molecular weight is 288 g/mol. The van der Waals surface area contributed by atoms with Crippen LogP contribution in [-0.2, 0) is 11.3 Å². The van der Waals surface area contributed by atoms with Gasteiger partial charge in [-0.3, -0.25) is 4.79 Å². The van der Waals surface area contributed by atoms with E-state index in [1.807, 2.05) is 45.8 Å². The van der Waals surface area contributed by atoms with Gasteiger partial charge in [-0.15, -0.1) is 0 Å². The summed E-state index contributed by atoms with van der Waals surface area (Å²) in [6.07, 6.45) is 2.07. The number of phenols is 1. The second-order valence-corrected chi connectivity index (χ2v) is 6.57. The van der Waals surface area contributed by atoms with Crippen LogP contribution in [-0.4, -0.2) is 35.5 Å². The lowest BCUT2D eigenvalue weighted by molar-refractivity contribution is -0.117.